The van der Waals surface area contributed by atoms with Crippen molar-refractivity contribution in [2.75, 3.05) is 6.54 Å². The van der Waals surface area contributed by atoms with Crippen molar-refractivity contribution >= 4 is 11.0 Å². The Balaban J connectivity index is 1.99. The summed E-state index contributed by atoms with van der Waals surface area (Å²) < 4.78 is 2.14. The van der Waals surface area contributed by atoms with Crippen molar-refractivity contribution in [3.63, 3.8) is 0 Å². The van der Waals surface area contributed by atoms with Crippen LogP contribution in [0.4, 0.5) is 0 Å². The van der Waals surface area contributed by atoms with Crippen molar-refractivity contribution in [2.45, 2.75) is 6.54 Å². The van der Waals surface area contributed by atoms with Gasteiger partial charge in [-0.2, -0.15) is 0 Å². The molecule has 0 radical (unpaired) electrons. The standard InChI is InChI=1S/C17H15N3/c18-11-5-8-14-6-1-2-7-15(14)12-20-13-19-16-9-3-4-10-17(16)20/h1-4,6-7,9-10,13H,11-12,18H2. The number of rotatable bonds is 2. The Morgan fingerprint density at radius 1 is 1.05 bits per heavy atom. The molecule has 3 heteroatoms. The zero-order chi connectivity index (χ0) is 13.8. The molecule has 0 amide bonds. The molecule has 0 aliphatic carbocycles. The van der Waals surface area contributed by atoms with Crippen LogP contribution in [0.25, 0.3) is 11.0 Å². The summed E-state index contributed by atoms with van der Waals surface area (Å²) in [5.41, 5.74) is 9.79. The average Bonchev–Trinajstić information content (AvgIpc) is 2.90. The minimum absolute atomic E-state index is 0.377. The highest BCUT2D eigenvalue weighted by molar-refractivity contribution is 5.75. The van der Waals surface area contributed by atoms with E-state index in [4.69, 9.17) is 5.73 Å². The Bertz CT molecular complexity index is 790. The monoisotopic (exact) mass is 261 g/mol. The van der Waals surface area contributed by atoms with Gasteiger partial charge in [0.15, 0.2) is 0 Å². The lowest BCUT2D eigenvalue weighted by Crippen LogP contribution is -2.00. The Morgan fingerprint density at radius 3 is 2.75 bits per heavy atom. The number of nitrogens with zero attached hydrogens (tertiary/aromatic N) is 2. The molecule has 0 atom stereocenters. The highest BCUT2D eigenvalue weighted by atomic mass is 15.0. The maximum Gasteiger partial charge on any atom is 0.0961 e. The van der Waals surface area contributed by atoms with E-state index in [-0.39, 0.29) is 0 Å². The predicted molar refractivity (Wildman–Crippen MR) is 81.2 cm³/mol. The van der Waals surface area contributed by atoms with Crippen molar-refractivity contribution in [1.82, 2.24) is 9.55 Å². The Labute approximate surface area is 118 Å². The first kappa shape index (κ1) is 12.5. The molecule has 3 rings (SSSR count). The molecule has 0 aliphatic rings. The number of hydrogen-bond acceptors (Lipinski definition) is 2. The summed E-state index contributed by atoms with van der Waals surface area (Å²) in [6, 6.07) is 16.3. The molecule has 0 fully saturated rings. The van der Waals surface area contributed by atoms with E-state index in [2.05, 4.69) is 33.5 Å². The van der Waals surface area contributed by atoms with E-state index in [9.17, 15) is 0 Å². The minimum atomic E-state index is 0.377. The van der Waals surface area contributed by atoms with Gasteiger partial charge >= 0.3 is 0 Å². The SMILES string of the molecule is NCC#Cc1ccccc1Cn1cnc2ccccc21. The van der Waals surface area contributed by atoms with Gasteiger partial charge in [-0.15, -0.1) is 0 Å². The summed E-state index contributed by atoms with van der Waals surface area (Å²) in [6.45, 7) is 1.14. The van der Waals surface area contributed by atoms with Crippen LogP contribution in [-0.2, 0) is 6.54 Å². The molecule has 3 aromatic rings. The van der Waals surface area contributed by atoms with Crippen molar-refractivity contribution in [1.29, 1.82) is 0 Å². The first-order valence-corrected chi connectivity index (χ1v) is 6.55. The second kappa shape index (κ2) is 5.60. The topological polar surface area (TPSA) is 43.8 Å². The van der Waals surface area contributed by atoms with Gasteiger partial charge < -0.3 is 10.3 Å². The quantitative estimate of drug-likeness (QED) is 0.720. The summed E-state index contributed by atoms with van der Waals surface area (Å²) in [5, 5.41) is 0. The summed E-state index contributed by atoms with van der Waals surface area (Å²) in [5.74, 6) is 6.04. The molecular weight excluding hydrogens is 246 g/mol. The van der Waals surface area contributed by atoms with E-state index in [1.807, 2.05) is 42.7 Å². The molecule has 3 nitrogen and oxygen atoms in total. The second-order valence-electron chi connectivity index (χ2n) is 4.52. The van der Waals surface area contributed by atoms with E-state index in [0.717, 1.165) is 23.1 Å². The van der Waals surface area contributed by atoms with E-state index >= 15 is 0 Å². The Hall–Kier alpha value is -2.57. The molecule has 2 N–H and O–H groups in total. The average molecular weight is 261 g/mol. The molecule has 1 heterocycles. The summed E-state index contributed by atoms with van der Waals surface area (Å²) in [4.78, 5) is 4.41. The van der Waals surface area contributed by atoms with Gasteiger partial charge in [-0.1, -0.05) is 42.2 Å². The molecule has 0 unspecified atom stereocenters. The Morgan fingerprint density at radius 2 is 1.85 bits per heavy atom. The van der Waals surface area contributed by atoms with Crippen LogP contribution in [0.1, 0.15) is 11.1 Å². The predicted octanol–water partition coefficient (Wildman–Crippen LogP) is 2.39. The third-order valence-electron chi connectivity index (χ3n) is 3.21. The molecule has 0 spiro atoms. The van der Waals surface area contributed by atoms with Gasteiger partial charge in [0, 0.05) is 5.56 Å². The fourth-order valence-electron chi connectivity index (χ4n) is 2.25. The van der Waals surface area contributed by atoms with Gasteiger partial charge in [0.05, 0.1) is 30.5 Å². The fraction of sp³-hybridized carbons (Fsp3) is 0.118. The molecule has 20 heavy (non-hydrogen) atoms. The van der Waals surface area contributed by atoms with Crippen LogP contribution in [0.15, 0.2) is 54.9 Å². The molecule has 0 saturated heterocycles. The highest BCUT2D eigenvalue weighted by Crippen LogP contribution is 2.15. The van der Waals surface area contributed by atoms with Gasteiger partial charge in [-0.25, -0.2) is 4.98 Å². The molecule has 0 saturated carbocycles. The third kappa shape index (κ3) is 2.42. The second-order valence-corrected chi connectivity index (χ2v) is 4.52. The zero-order valence-electron chi connectivity index (χ0n) is 11.1. The molecule has 0 aliphatic heterocycles. The third-order valence-corrected chi connectivity index (χ3v) is 3.21. The summed E-state index contributed by atoms with van der Waals surface area (Å²) >= 11 is 0. The lowest BCUT2D eigenvalue weighted by molar-refractivity contribution is 0.822. The number of fused-ring (bicyclic) bond motifs is 1. The normalized spacial score (nSPS) is 10.2. The highest BCUT2D eigenvalue weighted by Gasteiger charge is 2.04. The number of para-hydroxylation sites is 2. The minimum Gasteiger partial charge on any atom is -0.326 e. The van der Waals surface area contributed by atoms with Crippen LogP contribution >= 0.6 is 0 Å². The van der Waals surface area contributed by atoms with Gasteiger partial charge in [0.1, 0.15) is 0 Å². The summed E-state index contributed by atoms with van der Waals surface area (Å²) in [6.07, 6.45) is 1.87. The molecule has 0 bridgehead atoms. The molecular formula is C17H15N3. The van der Waals surface area contributed by atoms with Crippen LogP contribution in [0.3, 0.4) is 0 Å². The summed E-state index contributed by atoms with van der Waals surface area (Å²) in [7, 11) is 0. The number of nitrogens with two attached hydrogens (primary N) is 1. The number of imidazole rings is 1. The number of aromatic nitrogens is 2. The zero-order valence-corrected chi connectivity index (χ0v) is 11.1. The Kier molecular flexibility index (Phi) is 3.49. The van der Waals surface area contributed by atoms with E-state index in [1.54, 1.807) is 0 Å². The van der Waals surface area contributed by atoms with E-state index in [1.165, 1.54) is 5.56 Å². The van der Waals surface area contributed by atoms with Crippen molar-refractivity contribution in [2.24, 2.45) is 5.73 Å². The molecule has 2 aromatic carbocycles. The fourth-order valence-corrected chi connectivity index (χ4v) is 2.25. The van der Waals surface area contributed by atoms with Gasteiger partial charge in [0.25, 0.3) is 0 Å². The molecule has 1 aromatic heterocycles. The first-order valence-electron chi connectivity index (χ1n) is 6.55. The lowest BCUT2D eigenvalue weighted by atomic mass is 10.1. The van der Waals surface area contributed by atoms with Gasteiger partial charge in [0.2, 0.25) is 0 Å². The van der Waals surface area contributed by atoms with Crippen molar-refractivity contribution in [3.8, 4) is 11.8 Å². The van der Waals surface area contributed by atoms with Crippen LogP contribution in [0.5, 0.6) is 0 Å². The van der Waals surface area contributed by atoms with E-state index < -0.39 is 0 Å². The van der Waals surface area contributed by atoms with Crippen molar-refractivity contribution < 1.29 is 0 Å². The van der Waals surface area contributed by atoms with Crippen LogP contribution in [0.2, 0.25) is 0 Å². The van der Waals surface area contributed by atoms with Gasteiger partial charge in [-0.05, 0) is 23.8 Å². The van der Waals surface area contributed by atoms with Crippen LogP contribution in [-0.4, -0.2) is 16.1 Å². The number of benzene rings is 2. The first-order chi connectivity index (χ1) is 9.88. The number of hydrogen-bond donors (Lipinski definition) is 1. The maximum atomic E-state index is 5.45. The molecule has 98 valence electrons. The van der Waals surface area contributed by atoms with Gasteiger partial charge in [-0.3, -0.25) is 0 Å². The van der Waals surface area contributed by atoms with Crippen LogP contribution < -0.4 is 5.73 Å². The van der Waals surface area contributed by atoms with Crippen LogP contribution in [0, 0.1) is 11.8 Å². The lowest BCUT2D eigenvalue weighted by Gasteiger charge is -2.07. The smallest absolute Gasteiger partial charge is 0.0961 e. The largest absolute Gasteiger partial charge is 0.326 e. The maximum absolute atomic E-state index is 5.45. The van der Waals surface area contributed by atoms with E-state index in [0.29, 0.717) is 6.54 Å². The van der Waals surface area contributed by atoms with Crippen molar-refractivity contribution in [3.05, 3.63) is 66.0 Å².